The van der Waals surface area contributed by atoms with Gasteiger partial charge in [-0.05, 0) is 31.7 Å². The van der Waals surface area contributed by atoms with Gasteiger partial charge in [-0.15, -0.1) is 0 Å². The van der Waals surface area contributed by atoms with Gasteiger partial charge in [0.2, 0.25) is 0 Å². The Morgan fingerprint density at radius 2 is 1.88 bits per heavy atom. The van der Waals surface area contributed by atoms with Crippen LogP contribution in [-0.2, 0) is 12.8 Å². The van der Waals surface area contributed by atoms with Crippen LogP contribution in [0.15, 0.2) is 12.3 Å². The second kappa shape index (κ2) is 6.18. The topological polar surface area (TPSA) is 54.9 Å². The number of amides is 1. The summed E-state index contributed by atoms with van der Waals surface area (Å²) in [6.07, 6.45) is 3.07. The van der Waals surface area contributed by atoms with E-state index in [1.165, 1.54) is 0 Å². The van der Waals surface area contributed by atoms with E-state index in [0.29, 0.717) is 25.1 Å². The van der Waals surface area contributed by atoms with Gasteiger partial charge in [-0.25, -0.2) is 27.5 Å². The predicted molar refractivity (Wildman–Crippen MR) is 76.3 cm³/mol. The molecule has 1 aromatic heterocycles. The summed E-state index contributed by atoms with van der Waals surface area (Å²) in [5, 5.41) is 2.42. The number of aromatic nitrogens is 2. The van der Waals surface area contributed by atoms with Crippen LogP contribution >= 0.6 is 0 Å². The smallest absolute Gasteiger partial charge is 0.257 e. The molecular weight excluding hydrogens is 326 g/mol. The average Bonchev–Trinajstić information content (AvgIpc) is 2.53. The molecule has 0 radical (unpaired) electrons. The Morgan fingerprint density at radius 3 is 2.54 bits per heavy atom. The molecule has 1 atom stereocenters. The fourth-order valence-electron chi connectivity index (χ4n) is 2.76. The van der Waals surface area contributed by atoms with Gasteiger partial charge in [0.1, 0.15) is 11.4 Å². The number of rotatable bonds is 2. The van der Waals surface area contributed by atoms with Gasteiger partial charge in [-0.1, -0.05) is 0 Å². The Hall–Kier alpha value is -2.51. The molecule has 0 fully saturated rings. The molecule has 1 aliphatic rings. The first-order valence-corrected chi connectivity index (χ1v) is 7.32. The third-order valence-electron chi connectivity index (χ3n) is 3.94. The summed E-state index contributed by atoms with van der Waals surface area (Å²) in [4.78, 5) is 20.4. The van der Waals surface area contributed by atoms with E-state index in [2.05, 4.69) is 15.3 Å². The monoisotopic (exact) mass is 339 g/mol. The molecule has 126 valence electrons. The summed E-state index contributed by atoms with van der Waals surface area (Å²) < 4.78 is 53.8. The minimum atomic E-state index is -1.71. The fraction of sp³-hybridized carbons (Fsp3) is 0.312. The summed E-state index contributed by atoms with van der Waals surface area (Å²) in [5.74, 6) is -7.20. The molecule has 0 aliphatic heterocycles. The molecular formula is C16H13F4N3O. The molecule has 1 aromatic carbocycles. The maximum Gasteiger partial charge on any atom is 0.257 e. The quantitative estimate of drug-likeness (QED) is 0.676. The number of aryl methyl sites for hydroxylation is 2. The number of hydrogen-bond acceptors (Lipinski definition) is 3. The molecule has 1 amide bonds. The van der Waals surface area contributed by atoms with Crippen LogP contribution in [0.2, 0.25) is 0 Å². The Balaban J connectivity index is 1.81. The first kappa shape index (κ1) is 16.4. The molecule has 1 aliphatic carbocycles. The largest absolute Gasteiger partial charge is 0.349 e. The second-order valence-electron chi connectivity index (χ2n) is 5.65. The van der Waals surface area contributed by atoms with Crippen LogP contribution in [0.1, 0.15) is 33.9 Å². The van der Waals surface area contributed by atoms with Gasteiger partial charge in [-0.2, -0.15) is 0 Å². The van der Waals surface area contributed by atoms with Gasteiger partial charge in [0, 0.05) is 24.0 Å². The maximum atomic E-state index is 13.7. The highest BCUT2D eigenvalue weighted by atomic mass is 19.2. The van der Waals surface area contributed by atoms with Gasteiger partial charge in [0.05, 0.1) is 0 Å². The number of benzene rings is 1. The van der Waals surface area contributed by atoms with Crippen molar-refractivity contribution in [2.75, 3.05) is 0 Å². The highest BCUT2D eigenvalue weighted by Gasteiger charge is 2.28. The summed E-state index contributed by atoms with van der Waals surface area (Å²) in [5.41, 5.74) is 0.434. The number of halogens is 4. The van der Waals surface area contributed by atoms with Crippen molar-refractivity contribution in [2.45, 2.75) is 32.2 Å². The lowest BCUT2D eigenvalue weighted by Crippen LogP contribution is -2.40. The van der Waals surface area contributed by atoms with Crippen LogP contribution in [0.4, 0.5) is 17.6 Å². The van der Waals surface area contributed by atoms with Crippen molar-refractivity contribution in [2.24, 2.45) is 0 Å². The third-order valence-corrected chi connectivity index (χ3v) is 3.94. The van der Waals surface area contributed by atoms with Crippen molar-refractivity contribution in [3.63, 3.8) is 0 Å². The number of carbonyl (C=O) groups is 1. The molecule has 3 rings (SSSR count). The van der Waals surface area contributed by atoms with Crippen LogP contribution in [-0.4, -0.2) is 21.9 Å². The lowest BCUT2D eigenvalue weighted by atomic mass is 9.92. The summed E-state index contributed by atoms with van der Waals surface area (Å²) in [6.45, 7) is 1.76. The molecule has 0 spiro atoms. The predicted octanol–water partition coefficient (Wildman–Crippen LogP) is 2.63. The fourth-order valence-corrected chi connectivity index (χ4v) is 2.76. The van der Waals surface area contributed by atoms with E-state index in [-0.39, 0.29) is 6.07 Å². The van der Waals surface area contributed by atoms with Crippen LogP contribution in [0.25, 0.3) is 0 Å². The summed E-state index contributed by atoms with van der Waals surface area (Å²) in [6, 6.07) is -0.362. The molecule has 24 heavy (non-hydrogen) atoms. The zero-order valence-corrected chi connectivity index (χ0v) is 12.7. The normalized spacial score (nSPS) is 16.6. The molecule has 2 aromatic rings. The standard InChI is InChI=1S/C16H13F4N3O/c1-7-21-6-8-4-9(2-3-12(8)22-7)23-16(24)13-14(19)10(17)5-11(18)15(13)20/h5-6,9H,2-4H2,1H3,(H,23,24)/t9-/m0/s1. The van der Waals surface area contributed by atoms with E-state index in [9.17, 15) is 22.4 Å². The van der Waals surface area contributed by atoms with Crippen LogP contribution in [0, 0.1) is 30.2 Å². The van der Waals surface area contributed by atoms with E-state index >= 15 is 0 Å². The van der Waals surface area contributed by atoms with Gasteiger partial charge >= 0.3 is 0 Å². The SMILES string of the molecule is Cc1ncc2c(n1)CC[C@H](NC(=O)c1c(F)c(F)cc(F)c1F)C2. The molecule has 0 saturated heterocycles. The average molecular weight is 339 g/mol. The van der Waals surface area contributed by atoms with Gasteiger partial charge in [0.25, 0.3) is 5.91 Å². The highest BCUT2D eigenvalue weighted by Crippen LogP contribution is 2.22. The Labute approximate surface area is 134 Å². The van der Waals surface area contributed by atoms with Gasteiger partial charge in [0.15, 0.2) is 23.3 Å². The van der Waals surface area contributed by atoms with E-state index in [4.69, 9.17) is 0 Å². The lowest BCUT2D eigenvalue weighted by molar-refractivity contribution is 0.0922. The van der Waals surface area contributed by atoms with E-state index < -0.39 is 40.8 Å². The van der Waals surface area contributed by atoms with Gasteiger partial charge in [-0.3, -0.25) is 4.79 Å². The van der Waals surface area contributed by atoms with Crippen molar-refractivity contribution < 1.29 is 22.4 Å². The van der Waals surface area contributed by atoms with Crippen molar-refractivity contribution >= 4 is 5.91 Å². The molecule has 0 unspecified atom stereocenters. The number of nitrogens with one attached hydrogen (secondary N) is 1. The Morgan fingerprint density at radius 1 is 1.21 bits per heavy atom. The first-order chi connectivity index (χ1) is 11.4. The number of fused-ring (bicyclic) bond motifs is 1. The molecule has 0 bridgehead atoms. The number of hydrogen-bond donors (Lipinski definition) is 1. The van der Waals surface area contributed by atoms with Crippen molar-refractivity contribution in [3.05, 3.63) is 58.2 Å². The number of nitrogens with zero attached hydrogens (tertiary/aromatic N) is 2. The Bertz CT molecular complexity index is 799. The Kier molecular flexibility index (Phi) is 4.21. The van der Waals surface area contributed by atoms with Crippen LogP contribution < -0.4 is 5.32 Å². The second-order valence-corrected chi connectivity index (χ2v) is 5.65. The molecule has 8 heteroatoms. The minimum absolute atomic E-state index is 0.0674. The third kappa shape index (κ3) is 2.95. The van der Waals surface area contributed by atoms with Gasteiger partial charge < -0.3 is 5.32 Å². The maximum absolute atomic E-state index is 13.7. The van der Waals surface area contributed by atoms with E-state index in [1.54, 1.807) is 13.1 Å². The summed E-state index contributed by atoms with van der Waals surface area (Å²) >= 11 is 0. The summed E-state index contributed by atoms with van der Waals surface area (Å²) in [7, 11) is 0. The first-order valence-electron chi connectivity index (χ1n) is 7.32. The van der Waals surface area contributed by atoms with Crippen molar-refractivity contribution in [1.82, 2.24) is 15.3 Å². The lowest BCUT2D eigenvalue weighted by Gasteiger charge is -2.25. The van der Waals surface area contributed by atoms with Crippen LogP contribution in [0.5, 0.6) is 0 Å². The number of carbonyl (C=O) groups excluding carboxylic acids is 1. The van der Waals surface area contributed by atoms with Crippen molar-refractivity contribution in [3.8, 4) is 0 Å². The van der Waals surface area contributed by atoms with Crippen LogP contribution in [0.3, 0.4) is 0 Å². The molecule has 0 saturated carbocycles. The zero-order valence-electron chi connectivity index (χ0n) is 12.7. The minimum Gasteiger partial charge on any atom is -0.349 e. The molecule has 1 N–H and O–H groups in total. The zero-order chi connectivity index (χ0) is 17.4. The molecule has 4 nitrogen and oxygen atoms in total. The van der Waals surface area contributed by atoms with Crippen molar-refractivity contribution in [1.29, 1.82) is 0 Å². The highest BCUT2D eigenvalue weighted by molar-refractivity contribution is 5.95. The van der Waals surface area contributed by atoms with E-state index in [1.807, 2.05) is 0 Å². The van der Waals surface area contributed by atoms with E-state index in [0.717, 1.165) is 11.3 Å². The molecule has 1 heterocycles.